The molecule has 0 fully saturated rings. The van der Waals surface area contributed by atoms with Crippen molar-refractivity contribution < 1.29 is 18.3 Å². The number of para-hydroxylation sites is 1. The smallest absolute Gasteiger partial charge is 0.277 e. The molecule has 3 aromatic rings. The molecule has 3 rings (SSSR count). The molecule has 1 N–H and O–H groups in total. The second-order valence-corrected chi connectivity index (χ2v) is 6.81. The van der Waals surface area contributed by atoms with Crippen molar-refractivity contribution in [1.82, 2.24) is 10.2 Å². The van der Waals surface area contributed by atoms with E-state index in [0.29, 0.717) is 10.7 Å². The third kappa shape index (κ3) is 5.45. The van der Waals surface area contributed by atoms with Crippen LogP contribution in [0.2, 0.25) is 5.02 Å². The highest BCUT2D eigenvalue weighted by Gasteiger charge is 2.18. The number of halogens is 2. The molecule has 6 nitrogen and oxygen atoms in total. The fourth-order valence-electron chi connectivity index (χ4n) is 2.11. The third-order valence-corrected chi connectivity index (χ3v) is 4.40. The summed E-state index contributed by atoms with van der Waals surface area (Å²) >= 11 is 6.96. The van der Waals surface area contributed by atoms with E-state index in [-0.39, 0.29) is 28.5 Å². The van der Waals surface area contributed by atoms with Gasteiger partial charge in [-0.15, -0.1) is 10.2 Å². The molecule has 0 aliphatic heterocycles. The number of rotatable bonds is 7. The molecule has 0 aliphatic carbocycles. The highest BCUT2D eigenvalue weighted by atomic mass is 35.5. The van der Waals surface area contributed by atoms with Crippen molar-refractivity contribution in [3.63, 3.8) is 0 Å². The Labute approximate surface area is 164 Å². The van der Waals surface area contributed by atoms with Crippen LogP contribution in [0.25, 0.3) is 0 Å². The molecule has 0 unspecified atom stereocenters. The minimum Gasteiger partial charge on any atom is -0.478 e. The highest BCUT2D eigenvalue weighted by Crippen LogP contribution is 2.25. The normalized spacial score (nSPS) is 11.8. The summed E-state index contributed by atoms with van der Waals surface area (Å²) in [5.41, 5.74) is 0.603. The Morgan fingerprint density at radius 2 is 2.11 bits per heavy atom. The van der Waals surface area contributed by atoms with Crippen LogP contribution >= 0.6 is 23.4 Å². The average molecular weight is 408 g/mol. The summed E-state index contributed by atoms with van der Waals surface area (Å²) in [5.74, 6) is -0.348. The molecule has 1 amide bonds. The lowest BCUT2D eigenvalue weighted by atomic mass is 10.3. The summed E-state index contributed by atoms with van der Waals surface area (Å²) in [4.78, 5) is 12.0. The molecule has 0 radical (unpaired) electrons. The first kappa shape index (κ1) is 19.2. The van der Waals surface area contributed by atoms with Crippen molar-refractivity contribution >= 4 is 35.0 Å². The summed E-state index contributed by atoms with van der Waals surface area (Å²) in [7, 11) is 0. The van der Waals surface area contributed by atoms with Crippen molar-refractivity contribution in [1.29, 1.82) is 0 Å². The highest BCUT2D eigenvalue weighted by molar-refractivity contribution is 7.99. The van der Waals surface area contributed by atoms with E-state index in [1.165, 1.54) is 12.1 Å². The molecule has 1 atom stereocenters. The number of ether oxygens (including phenoxy) is 1. The van der Waals surface area contributed by atoms with Gasteiger partial charge in [0, 0.05) is 10.7 Å². The topological polar surface area (TPSA) is 77.2 Å². The van der Waals surface area contributed by atoms with Crippen LogP contribution in [0.15, 0.2) is 58.2 Å². The van der Waals surface area contributed by atoms with Gasteiger partial charge in [-0.05, 0) is 37.3 Å². The van der Waals surface area contributed by atoms with Gasteiger partial charge >= 0.3 is 0 Å². The predicted octanol–water partition coefficient (Wildman–Crippen LogP) is 4.73. The molecule has 0 aliphatic rings. The van der Waals surface area contributed by atoms with Gasteiger partial charge in [0.05, 0.1) is 5.75 Å². The quantitative estimate of drug-likeness (QED) is 0.570. The Morgan fingerprint density at radius 1 is 1.30 bits per heavy atom. The molecule has 0 saturated heterocycles. The fraction of sp³-hybridized carbons (Fsp3) is 0.167. The van der Waals surface area contributed by atoms with Crippen LogP contribution in [0.5, 0.6) is 5.75 Å². The maximum Gasteiger partial charge on any atom is 0.277 e. The van der Waals surface area contributed by atoms with Gasteiger partial charge in [0.2, 0.25) is 5.91 Å². The van der Waals surface area contributed by atoms with Crippen molar-refractivity contribution in [3.05, 3.63) is 65.3 Å². The van der Waals surface area contributed by atoms with Gasteiger partial charge in [0.15, 0.2) is 17.7 Å². The lowest BCUT2D eigenvalue weighted by Crippen LogP contribution is -2.13. The zero-order chi connectivity index (χ0) is 19.2. The zero-order valence-electron chi connectivity index (χ0n) is 14.2. The Kier molecular flexibility index (Phi) is 6.31. The third-order valence-electron chi connectivity index (χ3n) is 3.35. The van der Waals surface area contributed by atoms with Gasteiger partial charge in [-0.1, -0.05) is 41.6 Å². The first-order valence-electron chi connectivity index (χ1n) is 7.94. The molecule has 0 spiro atoms. The van der Waals surface area contributed by atoms with Crippen LogP contribution in [-0.2, 0) is 4.79 Å². The molecule has 1 aromatic heterocycles. The number of nitrogens with zero attached hydrogens (tertiary/aromatic N) is 2. The number of carbonyl (C=O) groups excluding carboxylic acids is 1. The molecular weight excluding hydrogens is 393 g/mol. The minimum atomic E-state index is -0.635. The lowest BCUT2D eigenvalue weighted by Gasteiger charge is -2.11. The first-order valence-corrected chi connectivity index (χ1v) is 9.30. The molecule has 0 bridgehead atoms. The number of amides is 1. The fourth-order valence-corrected chi connectivity index (χ4v) is 2.87. The van der Waals surface area contributed by atoms with Crippen LogP contribution in [0.3, 0.4) is 0 Å². The summed E-state index contributed by atoms with van der Waals surface area (Å²) < 4.78 is 24.6. The zero-order valence-corrected chi connectivity index (χ0v) is 15.8. The van der Waals surface area contributed by atoms with Gasteiger partial charge in [0.1, 0.15) is 0 Å². The van der Waals surface area contributed by atoms with Crippen LogP contribution in [0, 0.1) is 5.82 Å². The number of thioether (sulfide) groups is 1. The molecule has 1 heterocycles. The maximum atomic E-state index is 13.6. The van der Waals surface area contributed by atoms with Crippen molar-refractivity contribution in [2.75, 3.05) is 11.1 Å². The number of anilines is 1. The monoisotopic (exact) mass is 407 g/mol. The number of aromatic nitrogens is 2. The van der Waals surface area contributed by atoms with Crippen LogP contribution in [0.4, 0.5) is 10.1 Å². The minimum absolute atomic E-state index is 0.0801. The van der Waals surface area contributed by atoms with E-state index in [1.54, 1.807) is 43.3 Å². The van der Waals surface area contributed by atoms with E-state index in [4.69, 9.17) is 20.8 Å². The lowest BCUT2D eigenvalue weighted by molar-refractivity contribution is -0.113. The van der Waals surface area contributed by atoms with E-state index >= 15 is 0 Å². The molecule has 140 valence electrons. The average Bonchev–Trinajstić information content (AvgIpc) is 3.11. The van der Waals surface area contributed by atoms with Crippen molar-refractivity contribution in [2.45, 2.75) is 18.3 Å². The second kappa shape index (κ2) is 8.88. The summed E-state index contributed by atoms with van der Waals surface area (Å²) in [6, 6.07) is 12.9. The Balaban J connectivity index is 1.53. The number of nitrogens with one attached hydrogen (secondary N) is 1. The first-order chi connectivity index (χ1) is 13.0. The standard InChI is InChI=1S/C18H15ClFN3O3S/c1-11(25-15-8-3-2-7-14(15)20)17-22-23-18(26-17)27-10-16(24)21-13-6-4-5-12(19)9-13/h2-9,11H,10H2,1H3,(H,21,24)/t11-/m1/s1. The predicted molar refractivity (Wildman–Crippen MR) is 101 cm³/mol. The van der Waals surface area contributed by atoms with Crippen LogP contribution in [-0.4, -0.2) is 21.9 Å². The number of hydrogen-bond donors (Lipinski definition) is 1. The molecule has 27 heavy (non-hydrogen) atoms. The molecular formula is C18H15ClFN3O3S. The number of hydrogen-bond acceptors (Lipinski definition) is 6. The van der Waals surface area contributed by atoms with E-state index in [2.05, 4.69) is 15.5 Å². The summed E-state index contributed by atoms with van der Waals surface area (Å²) in [5, 5.41) is 11.2. The van der Waals surface area contributed by atoms with Gasteiger partial charge in [-0.3, -0.25) is 4.79 Å². The molecule has 9 heteroatoms. The van der Waals surface area contributed by atoms with E-state index in [9.17, 15) is 9.18 Å². The van der Waals surface area contributed by atoms with E-state index in [0.717, 1.165) is 11.8 Å². The molecule has 0 saturated carbocycles. The number of benzene rings is 2. The van der Waals surface area contributed by atoms with Crippen molar-refractivity contribution in [3.8, 4) is 5.75 Å². The SMILES string of the molecule is C[C@@H](Oc1ccccc1F)c1nnc(SCC(=O)Nc2cccc(Cl)c2)o1. The van der Waals surface area contributed by atoms with Gasteiger partial charge in [-0.2, -0.15) is 0 Å². The van der Waals surface area contributed by atoms with Gasteiger partial charge in [0.25, 0.3) is 11.1 Å². The van der Waals surface area contributed by atoms with Crippen molar-refractivity contribution in [2.24, 2.45) is 0 Å². The second-order valence-electron chi connectivity index (χ2n) is 5.44. The number of carbonyl (C=O) groups is 1. The Morgan fingerprint density at radius 3 is 2.89 bits per heavy atom. The van der Waals surface area contributed by atoms with E-state index in [1.807, 2.05) is 0 Å². The largest absolute Gasteiger partial charge is 0.478 e. The van der Waals surface area contributed by atoms with Crippen LogP contribution < -0.4 is 10.1 Å². The van der Waals surface area contributed by atoms with E-state index < -0.39 is 11.9 Å². The Hall–Kier alpha value is -2.58. The van der Waals surface area contributed by atoms with Crippen LogP contribution in [0.1, 0.15) is 18.9 Å². The summed E-state index contributed by atoms with van der Waals surface area (Å²) in [6.45, 7) is 1.67. The maximum absolute atomic E-state index is 13.6. The van der Waals surface area contributed by atoms with Gasteiger partial charge < -0.3 is 14.5 Å². The summed E-state index contributed by atoms with van der Waals surface area (Å²) in [6.07, 6.45) is -0.635. The Bertz CT molecular complexity index is 937. The van der Waals surface area contributed by atoms with Gasteiger partial charge in [-0.25, -0.2) is 4.39 Å². The molecule has 2 aromatic carbocycles.